The molecule has 4 nitrogen and oxygen atoms in total. The van der Waals surface area contributed by atoms with Gasteiger partial charge in [-0.2, -0.15) is 5.10 Å². The van der Waals surface area contributed by atoms with E-state index in [1.54, 1.807) is 0 Å². The summed E-state index contributed by atoms with van der Waals surface area (Å²) in [5, 5.41) is 6.86. The lowest BCUT2D eigenvalue weighted by Crippen LogP contribution is -2.16. The molecule has 0 radical (unpaired) electrons. The fourth-order valence-electron chi connectivity index (χ4n) is 2.17. The van der Waals surface area contributed by atoms with Gasteiger partial charge in [0.05, 0.1) is 12.2 Å². The lowest BCUT2D eigenvalue weighted by molar-refractivity contribution is 0.647. The standard InChI is InChI=1S/C15H22N4/c1-11(2)8-12-4-6-14(7-5-12)19(3)10-13-9-15(16)18-17-13/h4-7,9,11H,8,10H2,1-3H3,(H3,16,17,18). The molecule has 0 aliphatic heterocycles. The van der Waals surface area contributed by atoms with Crippen LogP contribution in [0.5, 0.6) is 0 Å². The predicted octanol–water partition coefficient (Wildman–Crippen LogP) is 2.83. The largest absolute Gasteiger partial charge is 0.382 e. The molecule has 0 bridgehead atoms. The van der Waals surface area contributed by atoms with E-state index in [0.29, 0.717) is 11.7 Å². The normalized spacial score (nSPS) is 10.9. The van der Waals surface area contributed by atoms with Gasteiger partial charge in [0.2, 0.25) is 0 Å². The zero-order chi connectivity index (χ0) is 13.8. The number of hydrogen-bond acceptors (Lipinski definition) is 3. The fourth-order valence-corrected chi connectivity index (χ4v) is 2.17. The summed E-state index contributed by atoms with van der Waals surface area (Å²) in [5.41, 5.74) is 9.20. The Morgan fingerprint density at radius 1 is 1.26 bits per heavy atom. The summed E-state index contributed by atoms with van der Waals surface area (Å²) >= 11 is 0. The van der Waals surface area contributed by atoms with E-state index in [1.165, 1.54) is 11.3 Å². The van der Waals surface area contributed by atoms with Crippen LogP contribution in [0.1, 0.15) is 25.1 Å². The highest BCUT2D eigenvalue weighted by Crippen LogP contribution is 2.18. The molecule has 4 heteroatoms. The van der Waals surface area contributed by atoms with Gasteiger partial charge in [0.25, 0.3) is 0 Å². The number of benzene rings is 1. The molecular weight excluding hydrogens is 236 g/mol. The van der Waals surface area contributed by atoms with Gasteiger partial charge in [-0.05, 0) is 30.0 Å². The van der Waals surface area contributed by atoms with Crippen LogP contribution in [-0.4, -0.2) is 17.2 Å². The van der Waals surface area contributed by atoms with Crippen molar-refractivity contribution in [1.29, 1.82) is 0 Å². The molecular formula is C15H22N4. The van der Waals surface area contributed by atoms with Crippen LogP contribution in [0.15, 0.2) is 30.3 Å². The van der Waals surface area contributed by atoms with E-state index >= 15 is 0 Å². The van der Waals surface area contributed by atoms with E-state index in [0.717, 1.165) is 18.7 Å². The van der Waals surface area contributed by atoms with Crippen LogP contribution in [0, 0.1) is 5.92 Å². The molecule has 2 rings (SSSR count). The van der Waals surface area contributed by atoms with Gasteiger partial charge in [-0.3, -0.25) is 5.10 Å². The third-order valence-corrected chi connectivity index (χ3v) is 3.08. The first-order valence-electron chi connectivity index (χ1n) is 6.64. The van der Waals surface area contributed by atoms with Gasteiger partial charge >= 0.3 is 0 Å². The molecule has 0 saturated carbocycles. The molecule has 0 aliphatic rings. The summed E-state index contributed by atoms with van der Waals surface area (Å²) in [6.07, 6.45) is 1.13. The second-order valence-corrected chi connectivity index (χ2v) is 5.44. The van der Waals surface area contributed by atoms with Crippen molar-refractivity contribution in [3.05, 3.63) is 41.6 Å². The van der Waals surface area contributed by atoms with Crippen LogP contribution < -0.4 is 10.6 Å². The first kappa shape index (κ1) is 13.5. The molecule has 0 amide bonds. The maximum absolute atomic E-state index is 5.60. The highest BCUT2D eigenvalue weighted by atomic mass is 15.2. The molecule has 1 aromatic heterocycles. The summed E-state index contributed by atoms with van der Waals surface area (Å²) in [6, 6.07) is 10.6. The number of nitrogen functional groups attached to an aromatic ring is 1. The average Bonchev–Trinajstić information content (AvgIpc) is 2.75. The third kappa shape index (κ3) is 3.74. The Hall–Kier alpha value is -1.97. The number of hydrogen-bond donors (Lipinski definition) is 2. The topological polar surface area (TPSA) is 57.9 Å². The monoisotopic (exact) mass is 258 g/mol. The summed E-state index contributed by atoms with van der Waals surface area (Å²) in [6.45, 7) is 5.25. The van der Waals surface area contributed by atoms with Crippen molar-refractivity contribution in [2.24, 2.45) is 5.92 Å². The maximum Gasteiger partial charge on any atom is 0.145 e. The molecule has 19 heavy (non-hydrogen) atoms. The van der Waals surface area contributed by atoms with Gasteiger partial charge in [0.1, 0.15) is 5.82 Å². The number of aromatic amines is 1. The van der Waals surface area contributed by atoms with Crippen molar-refractivity contribution in [1.82, 2.24) is 10.2 Å². The van der Waals surface area contributed by atoms with Crippen molar-refractivity contribution < 1.29 is 0 Å². The quantitative estimate of drug-likeness (QED) is 0.867. The van der Waals surface area contributed by atoms with E-state index < -0.39 is 0 Å². The molecule has 102 valence electrons. The maximum atomic E-state index is 5.60. The number of anilines is 2. The van der Waals surface area contributed by atoms with E-state index in [9.17, 15) is 0 Å². The van der Waals surface area contributed by atoms with E-state index in [2.05, 4.69) is 60.3 Å². The van der Waals surface area contributed by atoms with Gasteiger partial charge in [0, 0.05) is 18.8 Å². The number of rotatable bonds is 5. The van der Waals surface area contributed by atoms with E-state index in [4.69, 9.17) is 5.73 Å². The van der Waals surface area contributed by atoms with Crippen molar-refractivity contribution in [3.8, 4) is 0 Å². The van der Waals surface area contributed by atoms with Crippen molar-refractivity contribution >= 4 is 11.5 Å². The molecule has 3 N–H and O–H groups in total. The van der Waals surface area contributed by atoms with Crippen LogP contribution in [-0.2, 0) is 13.0 Å². The molecule has 1 aromatic carbocycles. The minimum absolute atomic E-state index is 0.538. The van der Waals surface area contributed by atoms with Gasteiger partial charge in [-0.15, -0.1) is 0 Å². The highest BCUT2D eigenvalue weighted by Gasteiger charge is 2.05. The minimum atomic E-state index is 0.538. The summed E-state index contributed by atoms with van der Waals surface area (Å²) < 4.78 is 0. The van der Waals surface area contributed by atoms with Crippen LogP contribution >= 0.6 is 0 Å². The number of aromatic nitrogens is 2. The molecule has 0 saturated heterocycles. The second kappa shape index (κ2) is 5.78. The summed E-state index contributed by atoms with van der Waals surface area (Å²) in [4.78, 5) is 2.17. The first-order valence-corrected chi connectivity index (χ1v) is 6.64. The predicted molar refractivity (Wildman–Crippen MR) is 80.1 cm³/mol. The number of nitrogens with two attached hydrogens (primary N) is 1. The first-order chi connectivity index (χ1) is 9.04. The average molecular weight is 258 g/mol. The molecule has 0 fully saturated rings. The van der Waals surface area contributed by atoms with Crippen LogP contribution in [0.3, 0.4) is 0 Å². The lowest BCUT2D eigenvalue weighted by atomic mass is 10.0. The number of nitrogens with zero attached hydrogens (tertiary/aromatic N) is 2. The third-order valence-electron chi connectivity index (χ3n) is 3.08. The second-order valence-electron chi connectivity index (χ2n) is 5.44. The molecule has 0 unspecified atom stereocenters. The fraction of sp³-hybridized carbons (Fsp3) is 0.400. The van der Waals surface area contributed by atoms with Crippen molar-refractivity contribution in [3.63, 3.8) is 0 Å². The Morgan fingerprint density at radius 2 is 1.95 bits per heavy atom. The van der Waals surface area contributed by atoms with Gasteiger partial charge in [0.15, 0.2) is 0 Å². The Kier molecular flexibility index (Phi) is 4.10. The summed E-state index contributed by atoms with van der Waals surface area (Å²) in [7, 11) is 2.06. The smallest absolute Gasteiger partial charge is 0.145 e. The van der Waals surface area contributed by atoms with Crippen LogP contribution in [0.4, 0.5) is 11.5 Å². The van der Waals surface area contributed by atoms with E-state index in [1.807, 2.05) is 6.07 Å². The highest BCUT2D eigenvalue weighted by molar-refractivity contribution is 5.47. The molecule has 2 aromatic rings. The Balaban J connectivity index is 2.01. The van der Waals surface area contributed by atoms with Crippen molar-refractivity contribution in [2.45, 2.75) is 26.8 Å². The van der Waals surface area contributed by atoms with Gasteiger partial charge < -0.3 is 10.6 Å². The SMILES string of the molecule is CC(C)Cc1ccc(N(C)Cc2cc(N)n[nH]2)cc1. The summed E-state index contributed by atoms with van der Waals surface area (Å²) in [5.74, 6) is 1.23. The van der Waals surface area contributed by atoms with Gasteiger partial charge in [-0.25, -0.2) is 0 Å². The molecule has 0 spiro atoms. The Labute approximate surface area is 114 Å². The number of H-pyrrole nitrogens is 1. The van der Waals surface area contributed by atoms with Crippen LogP contribution in [0.25, 0.3) is 0 Å². The Bertz CT molecular complexity index is 513. The Morgan fingerprint density at radius 3 is 2.47 bits per heavy atom. The zero-order valence-electron chi connectivity index (χ0n) is 11.9. The van der Waals surface area contributed by atoms with E-state index in [-0.39, 0.29) is 0 Å². The minimum Gasteiger partial charge on any atom is -0.382 e. The number of nitrogens with one attached hydrogen (secondary N) is 1. The zero-order valence-corrected chi connectivity index (χ0v) is 11.9. The molecule has 1 heterocycles. The van der Waals surface area contributed by atoms with Crippen molar-refractivity contribution in [2.75, 3.05) is 17.7 Å². The van der Waals surface area contributed by atoms with Gasteiger partial charge in [-0.1, -0.05) is 26.0 Å². The lowest BCUT2D eigenvalue weighted by Gasteiger charge is -2.18. The molecule has 0 atom stereocenters. The molecule has 0 aliphatic carbocycles. The van der Waals surface area contributed by atoms with Crippen LogP contribution in [0.2, 0.25) is 0 Å².